The van der Waals surface area contributed by atoms with Gasteiger partial charge in [0, 0.05) is 15.1 Å². The molecule has 0 atom stereocenters. The molecule has 0 spiro atoms. The van der Waals surface area contributed by atoms with Crippen LogP contribution in [0, 0.1) is 0 Å². The highest BCUT2D eigenvalue weighted by Gasteiger charge is 2.10. The summed E-state index contributed by atoms with van der Waals surface area (Å²) in [6, 6.07) is 13.7. The molecule has 0 heterocycles. The van der Waals surface area contributed by atoms with Crippen molar-refractivity contribution in [3.05, 3.63) is 63.6 Å². The summed E-state index contributed by atoms with van der Waals surface area (Å²) in [6.45, 7) is 2.13. The molecule has 0 radical (unpaired) electrons. The molecule has 0 saturated heterocycles. The Kier molecular flexibility index (Phi) is 5.26. The summed E-state index contributed by atoms with van der Waals surface area (Å²) >= 11 is 4.93. The number of thioether (sulfide) groups is 1. The first-order chi connectivity index (χ1) is 9.60. The lowest BCUT2D eigenvalue weighted by atomic mass is 10.1. The number of hydrogen-bond donors (Lipinski definition) is 1. The van der Waals surface area contributed by atoms with Crippen molar-refractivity contribution >= 4 is 33.7 Å². The third kappa shape index (κ3) is 3.87. The zero-order chi connectivity index (χ0) is 14.5. The van der Waals surface area contributed by atoms with Crippen LogP contribution in [0.1, 0.15) is 28.4 Å². The van der Waals surface area contributed by atoms with Crippen molar-refractivity contribution in [3.8, 4) is 0 Å². The van der Waals surface area contributed by atoms with E-state index in [1.807, 2.05) is 6.07 Å². The Morgan fingerprint density at radius 3 is 2.40 bits per heavy atom. The fraction of sp³-hybridized carbons (Fsp3) is 0.188. The lowest BCUT2D eigenvalue weighted by Crippen LogP contribution is -1.98. The maximum absolute atomic E-state index is 11.2. The number of carboxylic acids is 1. The lowest BCUT2D eigenvalue weighted by molar-refractivity contribution is 0.0693. The number of aryl methyl sites for hydroxylation is 1. The van der Waals surface area contributed by atoms with Gasteiger partial charge in [0.1, 0.15) is 0 Å². The number of rotatable bonds is 5. The van der Waals surface area contributed by atoms with Gasteiger partial charge in [0.25, 0.3) is 0 Å². The highest BCUT2D eigenvalue weighted by molar-refractivity contribution is 9.10. The Bertz CT molecular complexity index is 608. The van der Waals surface area contributed by atoms with Gasteiger partial charge in [0.05, 0.1) is 5.56 Å². The minimum atomic E-state index is -0.888. The van der Waals surface area contributed by atoms with E-state index in [4.69, 9.17) is 0 Å². The first kappa shape index (κ1) is 15.1. The summed E-state index contributed by atoms with van der Waals surface area (Å²) in [5.74, 6) is -0.123. The van der Waals surface area contributed by atoms with Crippen molar-refractivity contribution in [3.63, 3.8) is 0 Å². The van der Waals surface area contributed by atoms with E-state index in [0.717, 1.165) is 21.5 Å². The zero-order valence-electron chi connectivity index (χ0n) is 11.1. The number of hydrogen-bond acceptors (Lipinski definition) is 2. The Morgan fingerprint density at radius 2 is 1.80 bits per heavy atom. The quantitative estimate of drug-likeness (QED) is 0.770. The predicted molar refractivity (Wildman–Crippen MR) is 86.5 cm³/mol. The van der Waals surface area contributed by atoms with E-state index in [2.05, 4.69) is 47.1 Å². The highest BCUT2D eigenvalue weighted by atomic mass is 79.9. The second-order valence-corrected chi connectivity index (χ2v) is 6.34. The molecule has 2 rings (SSSR count). The summed E-state index contributed by atoms with van der Waals surface area (Å²) < 4.78 is 0.895. The van der Waals surface area contributed by atoms with Gasteiger partial charge in [-0.1, -0.05) is 47.1 Å². The summed E-state index contributed by atoms with van der Waals surface area (Å²) in [7, 11) is 0. The zero-order valence-corrected chi connectivity index (χ0v) is 13.5. The van der Waals surface area contributed by atoms with Gasteiger partial charge in [-0.2, -0.15) is 0 Å². The van der Waals surface area contributed by atoms with Crippen LogP contribution in [-0.2, 0) is 12.2 Å². The largest absolute Gasteiger partial charge is 0.478 e. The van der Waals surface area contributed by atoms with Gasteiger partial charge in [0.15, 0.2) is 0 Å². The van der Waals surface area contributed by atoms with Crippen molar-refractivity contribution in [2.45, 2.75) is 24.0 Å². The van der Waals surface area contributed by atoms with E-state index in [9.17, 15) is 9.90 Å². The van der Waals surface area contributed by atoms with Crippen molar-refractivity contribution in [2.75, 3.05) is 0 Å². The molecule has 104 valence electrons. The third-order valence-corrected chi connectivity index (χ3v) is 4.62. The average Bonchev–Trinajstić information content (AvgIpc) is 2.45. The van der Waals surface area contributed by atoms with E-state index >= 15 is 0 Å². The number of carboxylic acid groups (broad SMARTS) is 1. The number of halogens is 1. The second kappa shape index (κ2) is 6.95. The van der Waals surface area contributed by atoms with Crippen LogP contribution in [0.5, 0.6) is 0 Å². The van der Waals surface area contributed by atoms with E-state index in [-0.39, 0.29) is 0 Å². The molecule has 0 aliphatic carbocycles. The predicted octanol–water partition coefficient (Wildman–Crippen LogP) is 5.00. The molecule has 0 unspecified atom stereocenters. The van der Waals surface area contributed by atoms with Crippen LogP contribution < -0.4 is 0 Å². The lowest BCUT2D eigenvalue weighted by Gasteiger charge is -2.07. The molecule has 1 N–H and O–H groups in total. The molecular formula is C16H15BrO2S. The topological polar surface area (TPSA) is 37.3 Å². The summed E-state index contributed by atoms with van der Waals surface area (Å²) in [4.78, 5) is 12.0. The van der Waals surface area contributed by atoms with E-state index in [0.29, 0.717) is 5.56 Å². The molecule has 0 aliphatic heterocycles. The van der Waals surface area contributed by atoms with Crippen molar-refractivity contribution in [2.24, 2.45) is 0 Å². The van der Waals surface area contributed by atoms with E-state index < -0.39 is 5.97 Å². The average molecular weight is 351 g/mol. The van der Waals surface area contributed by atoms with Crippen LogP contribution in [0.15, 0.2) is 51.8 Å². The summed E-state index contributed by atoms with van der Waals surface area (Å²) in [6.07, 6.45) is 1.03. The Hall–Kier alpha value is -1.26. The standard InChI is InChI=1S/C16H15BrO2S/c1-2-11-3-5-12(6-4-11)10-20-15-9-13(17)7-8-14(15)16(18)19/h3-9H,2,10H2,1H3,(H,18,19). The minimum Gasteiger partial charge on any atom is -0.478 e. The maximum Gasteiger partial charge on any atom is 0.336 e. The molecule has 20 heavy (non-hydrogen) atoms. The SMILES string of the molecule is CCc1ccc(CSc2cc(Br)ccc2C(=O)O)cc1. The van der Waals surface area contributed by atoms with Crippen LogP contribution in [0.3, 0.4) is 0 Å². The number of benzene rings is 2. The molecule has 0 amide bonds. The molecule has 2 aromatic carbocycles. The van der Waals surface area contributed by atoms with Gasteiger partial charge >= 0.3 is 5.97 Å². The number of aromatic carboxylic acids is 1. The van der Waals surface area contributed by atoms with Crippen LogP contribution >= 0.6 is 27.7 Å². The van der Waals surface area contributed by atoms with Gasteiger partial charge in [-0.15, -0.1) is 11.8 Å². The van der Waals surface area contributed by atoms with Crippen molar-refractivity contribution in [1.29, 1.82) is 0 Å². The first-order valence-electron chi connectivity index (χ1n) is 6.33. The maximum atomic E-state index is 11.2. The smallest absolute Gasteiger partial charge is 0.336 e. The Morgan fingerprint density at radius 1 is 1.15 bits per heavy atom. The molecule has 0 bridgehead atoms. The fourth-order valence-corrected chi connectivity index (χ4v) is 3.37. The molecule has 0 aliphatic rings. The molecule has 0 aromatic heterocycles. The summed E-state index contributed by atoms with van der Waals surface area (Å²) in [5.41, 5.74) is 2.86. The monoisotopic (exact) mass is 350 g/mol. The van der Waals surface area contributed by atoms with Crippen LogP contribution in [0.4, 0.5) is 0 Å². The van der Waals surface area contributed by atoms with Crippen molar-refractivity contribution in [1.82, 2.24) is 0 Å². The van der Waals surface area contributed by atoms with Gasteiger partial charge in [-0.05, 0) is 35.7 Å². The molecule has 2 aromatic rings. The van der Waals surface area contributed by atoms with Crippen LogP contribution in [0.2, 0.25) is 0 Å². The Labute approximate surface area is 131 Å². The van der Waals surface area contributed by atoms with Gasteiger partial charge < -0.3 is 5.11 Å². The molecule has 4 heteroatoms. The number of carbonyl (C=O) groups is 1. The highest BCUT2D eigenvalue weighted by Crippen LogP contribution is 2.29. The van der Waals surface area contributed by atoms with Gasteiger partial charge in [-0.25, -0.2) is 4.79 Å². The van der Waals surface area contributed by atoms with Gasteiger partial charge in [-0.3, -0.25) is 0 Å². The molecular weight excluding hydrogens is 336 g/mol. The molecule has 0 saturated carbocycles. The van der Waals surface area contributed by atoms with E-state index in [1.54, 1.807) is 23.9 Å². The molecule has 2 nitrogen and oxygen atoms in total. The van der Waals surface area contributed by atoms with Crippen LogP contribution in [0.25, 0.3) is 0 Å². The second-order valence-electron chi connectivity index (χ2n) is 4.40. The fourth-order valence-electron chi connectivity index (χ4n) is 1.82. The summed E-state index contributed by atoms with van der Waals surface area (Å²) in [5, 5.41) is 9.19. The molecule has 0 fully saturated rings. The van der Waals surface area contributed by atoms with Crippen LogP contribution in [-0.4, -0.2) is 11.1 Å². The van der Waals surface area contributed by atoms with E-state index in [1.165, 1.54) is 11.1 Å². The Balaban J connectivity index is 2.13. The first-order valence-corrected chi connectivity index (χ1v) is 8.11. The van der Waals surface area contributed by atoms with Crippen molar-refractivity contribution < 1.29 is 9.90 Å². The van der Waals surface area contributed by atoms with Gasteiger partial charge in [0.2, 0.25) is 0 Å². The third-order valence-electron chi connectivity index (χ3n) is 3.00. The normalized spacial score (nSPS) is 10.5. The minimum absolute atomic E-state index is 0.350.